The third-order valence-electron chi connectivity index (χ3n) is 5.03. The van der Waals surface area contributed by atoms with E-state index in [2.05, 4.69) is 10.4 Å². The van der Waals surface area contributed by atoms with Crippen LogP contribution in [0.5, 0.6) is 0 Å². The van der Waals surface area contributed by atoms with Gasteiger partial charge < -0.3 is 5.32 Å². The molecule has 0 aliphatic heterocycles. The Bertz CT molecular complexity index is 1260. The highest BCUT2D eigenvalue weighted by Gasteiger charge is 2.29. The van der Waals surface area contributed by atoms with Crippen LogP contribution >= 0.6 is 0 Å². The van der Waals surface area contributed by atoms with Crippen molar-refractivity contribution in [1.29, 1.82) is 0 Å². The van der Waals surface area contributed by atoms with Crippen molar-refractivity contribution in [3.05, 3.63) is 86.2 Å². The van der Waals surface area contributed by atoms with Crippen LogP contribution < -0.4 is 5.32 Å². The maximum absolute atomic E-state index is 12.8. The molecule has 150 valence electrons. The van der Waals surface area contributed by atoms with Gasteiger partial charge in [-0.15, -0.1) is 0 Å². The van der Waals surface area contributed by atoms with Crippen LogP contribution in [0.25, 0.3) is 0 Å². The van der Waals surface area contributed by atoms with Crippen molar-refractivity contribution in [2.75, 3.05) is 5.32 Å². The van der Waals surface area contributed by atoms with Gasteiger partial charge in [0.15, 0.2) is 11.6 Å². The number of rotatable bonds is 4. The molecule has 1 aromatic heterocycles. The first-order chi connectivity index (χ1) is 14.3. The van der Waals surface area contributed by atoms with Gasteiger partial charge in [0.2, 0.25) is 5.91 Å². The highest BCUT2D eigenvalue weighted by atomic mass is 16.6. The molecule has 9 nitrogen and oxygen atoms in total. The van der Waals surface area contributed by atoms with Gasteiger partial charge in [0, 0.05) is 27.9 Å². The van der Waals surface area contributed by atoms with Crippen molar-refractivity contribution >= 4 is 28.8 Å². The monoisotopic (exact) mass is 404 g/mol. The van der Waals surface area contributed by atoms with Gasteiger partial charge in [-0.1, -0.05) is 24.3 Å². The molecule has 1 N–H and O–H groups in total. The van der Waals surface area contributed by atoms with E-state index in [1.165, 1.54) is 30.7 Å². The van der Waals surface area contributed by atoms with Crippen LogP contribution in [-0.2, 0) is 11.3 Å². The zero-order valence-corrected chi connectivity index (χ0v) is 16.1. The Balaban J connectivity index is 1.58. The van der Waals surface area contributed by atoms with Crippen LogP contribution in [-0.4, -0.2) is 32.2 Å². The van der Waals surface area contributed by atoms with Gasteiger partial charge in [0.25, 0.3) is 0 Å². The molecule has 3 aromatic rings. The summed E-state index contributed by atoms with van der Waals surface area (Å²) in [6.45, 7) is 2.79. The number of hydrogen-bond acceptors (Lipinski definition) is 6. The molecule has 1 aliphatic carbocycles. The van der Waals surface area contributed by atoms with E-state index in [-0.39, 0.29) is 46.3 Å². The van der Waals surface area contributed by atoms with Crippen LogP contribution in [0.4, 0.5) is 11.4 Å². The molecule has 0 bridgehead atoms. The predicted octanol–water partition coefficient (Wildman–Crippen LogP) is 2.82. The number of ketones is 2. The molecule has 0 saturated heterocycles. The number of nitrogens with one attached hydrogen (secondary N) is 1. The Kier molecular flexibility index (Phi) is 4.50. The Morgan fingerprint density at radius 1 is 1.03 bits per heavy atom. The van der Waals surface area contributed by atoms with Gasteiger partial charge in [-0.3, -0.25) is 29.2 Å². The number of aryl methyl sites for hydroxylation is 1. The zero-order valence-electron chi connectivity index (χ0n) is 16.1. The highest BCUT2D eigenvalue weighted by molar-refractivity contribution is 6.28. The summed E-state index contributed by atoms with van der Waals surface area (Å²) in [4.78, 5) is 48.5. The minimum Gasteiger partial charge on any atom is -0.324 e. The lowest BCUT2D eigenvalue weighted by Crippen LogP contribution is -2.23. The minimum atomic E-state index is -0.532. The number of carbonyl (C=O) groups is 3. The van der Waals surface area contributed by atoms with Crippen LogP contribution in [0.3, 0.4) is 0 Å². The van der Waals surface area contributed by atoms with Gasteiger partial charge in [0.1, 0.15) is 17.9 Å². The molecular weight excluding hydrogens is 388 g/mol. The molecule has 1 aliphatic rings. The van der Waals surface area contributed by atoms with Crippen molar-refractivity contribution in [3.63, 3.8) is 0 Å². The minimum absolute atomic E-state index is 0.126. The van der Waals surface area contributed by atoms with E-state index in [1.54, 1.807) is 30.3 Å². The Labute approximate surface area is 170 Å². The second kappa shape index (κ2) is 7.03. The van der Waals surface area contributed by atoms with Gasteiger partial charge in [-0.25, -0.2) is 0 Å². The summed E-state index contributed by atoms with van der Waals surface area (Å²) in [5, 5.41) is 17.8. The number of fused-ring (bicyclic) bond motifs is 2. The quantitative estimate of drug-likeness (QED) is 0.412. The van der Waals surface area contributed by atoms with Crippen molar-refractivity contribution in [2.45, 2.75) is 20.4 Å². The van der Waals surface area contributed by atoms with Crippen molar-refractivity contribution in [2.24, 2.45) is 0 Å². The van der Waals surface area contributed by atoms with E-state index in [4.69, 9.17) is 0 Å². The number of amides is 1. The normalized spacial score (nSPS) is 12.3. The Morgan fingerprint density at radius 3 is 2.23 bits per heavy atom. The first-order valence-corrected chi connectivity index (χ1v) is 9.08. The topological polar surface area (TPSA) is 124 Å². The fraction of sp³-hybridized carbons (Fsp3) is 0.143. The molecule has 0 atom stereocenters. The Hall–Kier alpha value is -4.14. The average molecular weight is 404 g/mol. The standard InChI is InChI=1S/C21H16N4O5/c1-11-19(25(29)30)12(2)24(23-11)10-18(26)22-13-7-8-16-17(9-13)21(28)15-6-4-3-5-14(15)20(16)27/h3-9H,10H2,1-2H3,(H,22,26). The summed E-state index contributed by atoms with van der Waals surface area (Å²) in [6.07, 6.45) is 0. The fourth-order valence-corrected chi connectivity index (χ4v) is 3.62. The van der Waals surface area contributed by atoms with Crippen LogP contribution in [0.1, 0.15) is 43.2 Å². The average Bonchev–Trinajstić information content (AvgIpc) is 2.99. The number of hydrogen-bond donors (Lipinski definition) is 1. The van der Waals surface area contributed by atoms with E-state index in [0.717, 1.165) is 0 Å². The van der Waals surface area contributed by atoms with Crippen molar-refractivity contribution in [3.8, 4) is 0 Å². The first-order valence-electron chi connectivity index (χ1n) is 9.08. The highest BCUT2D eigenvalue weighted by Crippen LogP contribution is 2.29. The van der Waals surface area contributed by atoms with Gasteiger partial charge in [0.05, 0.1) is 4.92 Å². The molecule has 30 heavy (non-hydrogen) atoms. The third kappa shape index (κ3) is 3.06. The molecule has 0 unspecified atom stereocenters. The molecule has 4 rings (SSSR count). The lowest BCUT2D eigenvalue weighted by atomic mass is 9.84. The smallest absolute Gasteiger partial charge is 0.312 e. The second-order valence-corrected chi connectivity index (χ2v) is 6.95. The maximum atomic E-state index is 12.8. The number of anilines is 1. The second-order valence-electron chi connectivity index (χ2n) is 6.95. The summed E-state index contributed by atoms with van der Waals surface area (Å²) >= 11 is 0. The molecule has 1 heterocycles. The SMILES string of the molecule is Cc1nn(CC(=O)Nc2ccc3c(c2)C(=O)c2ccccc2C3=O)c(C)c1[N+](=O)[O-]. The summed E-state index contributed by atoms with van der Waals surface area (Å²) in [7, 11) is 0. The number of nitro groups is 1. The largest absolute Gasteiger partial charge is 0.324 e. The van der Waals surface area contributed by atoms with Crippen LogP contribution in [0.15, 0.2) is 42.5 Å². The fourth-order valence-electron chi connectivity index (χ4n) is 3.62. The van der Waals surface area contributed by atoms with Crippen molar-refractivity contribution < 1.29 is 19.3 Å². The van der Waals surface area contributed by atoms with Crippen LogP contribution in [0, 0.1) is 24.0 Å². The van der Waals surface area contributed by atoms with Gasteiger partial charge in [-0.05, 0) is 32.0 Å². The summed E-state index contributed by atoms with van der Waals surface area (Å²) in [5.74, 6) is -0.996. The molecule has 0 fully saturated rings. The number of aromatic nitrogens is 2. The van der Waals surface area contributed by atoms with E-state index < -0.39 is 10.8 Å². The first kappa shape index (κ1) is 19.2. The van der Waals surface area contributed by atoms with Crippen LogP contribution in [0.2, 0.25) is 0 Å². The molecule has 9 heteroatoms. The van der Waals surface area contributed by atoms with Crippen molar-refractivity contribution in [1.82, 2.24) is 9.78 Å². The van der Waals surface area contributed by atoms with E-state index in [0.29, 0.717) is 16.8 Å². The van der Waals surface area contributed by atoms with Gasteiger partial charge in [-0.2, -0.15) is 5.10 Å². The Morgan fingerprint density at radius 2 is 1.63 bits per heavy atom. The molecular formula is C21H16N4O5. The summed E-state index contributed by atoms with van der Waals surface area (Å²) in [5.41, 5.74) is 1.91. The number of carbonyl (C=O) groups excluding carboxylic acids is 3. The van der Waals surface area contributed by atoms with E-state index >= 15 is 0 Å². The molecule has 1 amide bonds. The number of benzene rings is 2. The van der Waals surface area contributed by atoms with E-state index in [1.807, 2.05) is 0 Å². The lowest BCUT2D eigenvalue weighted by Gasteiger charge is -2.18. The third-order valence-corrected chi connectivity index (χ3v) is 5.03. The molecule has 0 radical (unpaired) electrons. The number of nitrogens with zero attached hydrogens (tertiary/aromatic N) is 3. The maximum Gasteiger partial charge on any atom is 0.312 e. The zero-order chi connectivity index (χ0) is 21.6. The molecule has 2 aromatic carbocycles. The summed E-state index contributed by atoms with van der Waals surface area (Å²) < 4.78 is 1.26. The van der Waals surface area contributed by atoms with Gasteiger partial charge >= 0.3 is 5.69 Å². The predicted molar refractivity (Wildman–Crippen MR) is 107 cm³/mol. The summed E-state index contributed by atoms with van der Waals surface area (Å²) in [6, 6.07) is 11.1. The molecule has 0 saturated carbocycles. The van der Waals surface area contributed by atoms with E-state index in [9.17, 15) is 24.5 Å². The molecule has 0 spiro atoms. The lowest BCUT2D eigenvalue weighted by molar-refractivity contribution is -0.386.